The number of nitrogens with two attached hydrogens (primary N) is 1. The minimum absolute atomic E-state index is 0.131. The third kappa shape index (κ3) is 3.35. The molecule has 8 heteroatoms. The molecule has 2 N–H and O–H groups in total. The standard InChI is InChI=1S/C5H4Cl2N2O3S/c6-4-2-1-3(5(7)9-4)12-13(8,10)11/h1-2H,(H2,8,10,11). The maximum absolute atomic E-state index is 10.5. The highest BCUT2D eigenvalue weighted by atomic mass is 35.5. The maximum Gasteiger partial charge on any atom is 0.380 e. The van der Waals surface area contributed by atoms with Crippen molar-refractivity contribution in [3.8, 4) is 5.75 Å². The summed E-state index contributed by atoms with van der Waals surface area (Å²) in [4.78, 5) is 3.54. The number of rotatable bonds is 2. The van der Waals surface area contributed by atoms with E-state index in [1.54, 1.807) is 0 Å². The summed E-state index contributed by atoms with van der Waals surface area (Å²) >= 11 is 11.0. The van der Waals surface area contributed by atoms with Crippen molar-refractivity contribution < 1.29 is 12.6 Å². The fraction of sp³-hybridized carbons (Fsp3) is 0. The normalized spacial score (nSPS) is 11.3. The fourth-order valence-corrected chi connectivity index (χ4v) is 1.40. The maximum atomic E-state index is 10.5. The Labute approximate surface area is 84.7 Å². The van der Waals surface area contributed by atoms with Crippen LogP contribution in [0.15, 0.2) is 12.1 Å². The molecular weight excluding hydrogens is 239 g/mol. The minimum Gasteiger partial charge on any atom is -0.368 e. The van der Waals surface area contributed by atoms with E-state index in [0.29, 0.717) is 0 Å². The predicted octanol–water partition coefficient (Wildman–Crippen LogP) is 0.971. The van der Waals surface area contributed by atoms with Crippen LogP contribution >= 0.6 is 23.2 Å². The van der Waals surface area contributed by atoms with Crippen LogP contribution in [0.25, 0.3) is 0 Å². The summed E-state index contributed by atoms with van der Waals surface area (Å²) in [5, 5.41) is 4.57. The highest BCUT2D eigenvalue weighted by Gasteiger charge is 2.10. The Bertz CT molecular complexity index is 420. The van der Waals surface area contributed by atoms with Gasteiger partial charge >= 0.3 is 10.3 Å². The Morgan fingerprint density at radius 3 is 2.46 bits per heavy atom. The van der Waals surface area contributed by atoms with Crippen LogP contribution in [-0.4, -0.2) is 13.4 Å². The van der Waals surface area contributed by atoms with E-state index in [9.17, 15) is 8.42 Å². The van der Waals surface area contributed by atoms with Gasteiger partial charge in [-0.1, -0.05) is 23.2 Å². The molecule has 0 aliphatic carbocycles. The lowest BCUT2D eigenvalue weighted by Crippen LogP contribution is -2.19. The number of hydrogen-bond acceptors (Lipinski definition) is 4. The van der Waals surface area contributed by atoms with Crippen LogP contribution in [0.1, 0.15) is 0 Å². The zero-order chi connectivity index (χ0) is 10.1. The molecule has 0 amide bonds. The van der Waals surface area contributed by atoms with Crippen molar-refractivity contribution in [2.45, 2.75) is 0 Å². The zero-order valence-corrected chi connectivity index (χ0v) is 8.40. The fourth-order valence-electron chi connectivity index (χ4n) is 0.587. The number of aromatic nitrogens is 1. The molecule has 0 saturated carbocycles. The summed E-state index contributed by atoms with van der Waals surface area (Å²) in [6.07, 6.45) is 0. The van der Waals surface area contributed by atoms with Gasteiger partial charge in [0.25, 0.3) is 0 Å². The summed E-state index contributed by atoms with van der Waals surface area (Å²) < 4.78 is 25.2. The molecular formula is C5H4Cl2N2O3S. The van der Waals surface area contributed by atoms with Gasteiger partial charge in [-0.2, -0.15) is 13.6 Å². The molecule has 13 heavy (non-hydrogen) atoms. The lowest BCUT2D eigenvalue weighted by Gasteiger charge is -2.02. The zero-order valence-electron chi connectivity index (χ0n) is 6.07. The third-order valence-corrected chi connectivity index (χ3v) is 1.88. The van der Waals surface area contributed by atoms with E-state index in [2.05, 4.69) is 14.3 Å². The molecule has 5 nitrogen and oxygen atoms in total. The van der Waals surface area contributed by atoms with E-state index < -0.39 is 10.3 Å². The van der Waals surface area contributed by atoms with Crippen LogP contribution in [0.2, 0.25) is 10.3 Å². The lowest BCUT2D eigenvalue weighted by atomic mass is 10.5. The topological polar surface area (TPSA) is 82.3 Å². The average Bonchev–Trinajstić information content (AvgIpc) is 1.93. The number of pyridine rings is 1. The van der Waals surface area contributed by atoms with Crippen molar-refractivity contribution in [2.75, 3.05) is 0 Å². The molecule has 0 aliphatic rings. The summed E-state index contributed by atoms with van der Waals surface area (Å²) in [6.45, 7) is 0. The summed E-state index contributed by atoms with van der Waals surface area (Å²) in [5.41, 5.74) is 0. The quantitative estimate of drug-likeness (QED) is 0.784. The van der Waals surface area contributed by atoms with E-state index >= 15 is 0 Å². The van der Waals surface area contributed by atoms with Gasteiger partial charge in [-0.3, -0.25) is 0 Å². The first kappa shape index (κ1) is 10.5. The molecule has 0 aliphatic heterocycles. The summed E-state index contributed by atoms with van der Waals surface area (Å²) in [5.74, 6) is -0.159. The van der Waals surface area contributed by atoms with Gasteiger partial charge in [0.2, 0.25) is 0 Å². The molecule has 1 rings (SSSR count). The van der Waals surface area contributed by atoms with Crippen molar-refractivity contribution in [3.63, 3.8) is 0 Å². The van der Waals surface area contributed by atoms with Gasteiger partial charge in [-0.05, 0) is 12.1 Å². The molecule has 0 saturated heterocycles. The van der Waals surface area contributed by atoms with Crippen LogP contribution in [-0.2, 0) is 10.3 Å². The van der Waals surface area contributed by atoms with Gasteiger partial charge in [-0.15, -0.1) is 0 Å². The number of hydrogen-bond donors (Lipinski definition) is 1. The molecule has 0 atom stereocenters. The van der Waals surface area contributed by atoms with Gasteiger partial charge in [0.1, 0.15) is 5.15 Å². The Balaban J connectivity index is 3.04. The summed E-state index contributed by atoms with van der Waals surface area (Å²) in [6, 6.07) is 2.58. The molecule has 0 aromatic carbocycles. The molecule has 72 valence electrons. The van der Waals surface area contributed by atoms with Gasteiger partial charge in [0, 0.05) is 0 Å². The van der Waals surface area contributed by atoms with E-state index in [4.69, 9.17) is 23.2 Å². The second-order valence-electron chi connectivity index (χ2n) is 2.00. The molecule has 1 heterocycles. The second-order valence-corrected chi connectivity index (χ2v) is 3.90. The van der Waals surface area contributed by atoms with Crippen molar-refractivity contribution in [2.24, 2.45) is 5.14 Å². The third-order valence-electron chi connectivity index (χ3n) is 0.986. The second kappa shape index (κ2) is 3.67. The molecule has 0 spiro atoms. The smallest absolute Gasteiger partial charge is 0.368 e. The molecule has 1 aromatic heterocycles. The van der Waals surface area contributed by atoms with Crippen molar-refractivity contribution in [1.29, 1.82) is 0 Å². The first-order chi connectivity index (χ1) is 5.88. The van der Waals surface area contributed by atoms with E-state index in [0.717, 1.165) is 0 Å². The Morgan fingerprint density at radius 1 is 1.38 bits per heavy atom. The first-order valence-electron chi connectivity index (χ1n) is 2.93. The van der Waals surface area contributed by atoms with Crippen LogP contribution < -0.4 is 9.32 Å². The summed E-state index contributed by atoms with van der Waals surface area (Å²) in [7, 11) is -4.08. The molecule has 0 fully saturated rings. The Hall–Kier alpha value is -0.560. The van der Waals surface area contributed by atoms with E-state index in [1.165, 1.54) is 12.1 Å². The Kier molecular flexibility index (Phi) is 2.97. The number of halogens is 2. The molecule has 1 aromatic rings. The highest BCUT2D eigenvalue weighted by Crippen LogP contribution is 2.24. The predicted molar refractivity (Wildman–Crippen MR) is 48.0 cm³/mol. The molecule has 0 bridgehead atoms. The van der Waals surface area contributed by atoms with Crippen LogP contribution in [0.5, 0.6) is 5.75 Å². The van der Waals surface area contributed by atoms with Crippen LogP contribution in [0.4, 0.5) is 0 Å². The monoisotopic (exact) mass is 242 g/mol. The molecule has 0 unspecified atom stereocenters. The molecule has 0 radical (unpaired) electrons. The minimum atomic E-state index is -4.08. The Morgan fingerprint density at radius 2 is 2.00 bits per heavy atom. The van der Waals surface area contributed by atoms with E-state index in [1.807, 2.05) is 0 Å². The van der Waals surface area contributed by atoms with E-state index in [-0.39, 0.29) is 16.1 Å². The van der Waals surface area contributed by atoms with Gasteiger partial charge in [-0.25, -0.2) is 4.98 Å². The largest absolute Gasteiger partial charge is 0.380 e. The van der Waals surface area contributed by atoms with Crippen molar-refractivity contribution in [1.82, 2.24) is 4.98 Å². The van der Waals surface area contributed by atoms with Crippen LogP contribution in [0.3, 0.4) is 0 Å². The van der Waals surface area contributed by atoms with Crippen molar-refractivity contribution in [3.05, 3.63) is 22.4 Å². The first-order valence-corrected chi connectivity index (χ1v) is 5.15. The van der Waals surface area contributed by atoms with Crippen LogP contribution in [0, 0.1) is 0 Å². The highest BCUT2D eigenvalue weighted by molar-refractivity contribution is 7.84. The van der Waals surface area contributed by atoms with Gasteiger partial charge in [0.15, 0.2) is 10.9 Å². The van der Waals surface area contributed by atoms with Gasteiger partial charge < -0.3 is 4.18 Å². The average molecular weight is 243 g/mol. The SMILES string of the molecule is NS(=O)(=O)Oc1ccc(Cl)nc1Cl. The lowest BCUT2D eigenvalue weighted by molar-refractivity contribution is 0.486. The van der Waals surface area contributed by atoms with Gasteiger partial charge in [0.05, 0.1) is 0 Å². The number of nitrogens with zero attached hydrogens (tertiary/aromatic N) is 1. The van der Waals surface area contributed by atoms with Crippen molar-refractivity contribution >= 4 is 33.5 Å².